The quantitative estimate of drug-likeness (QED) is 0.424. The SMILES string of the molecule is COc1cc(NC(=O)NCCO)cc(Nc2nccc(-c3ccc(OC)c(C#N)c3)n2)c1. The molecule has 1 heterocycles. The van der Waals surface area contributed by atoms with E-state index >= 15 is 0 Å². The molecule has 0 radical (unpaired) electrons. The lowest BCUT2D eigenvalue weighted by atomic mass is 10.1. The molecular formula is C22H22N6O4. The second-order valence-corrected chi connectivity index (χ2v) is 6.47. The number of amides is 2. The summed E-state index contributed by atoms with van der Waals surface area (Å²) in [5, 5.41) is 26.4. The molecule has 164 valence electrons. The van der Waals surface area contributed by atoms with E-state index in [0.29, 0.717) is 40.1 Å². The second-order valence-electron chi connectivity index (χ2n) is 6.47. The number of hydrogen-bond donors (Lipinski definition) is 4. The number of aliphatic hydroxyl groups is 1. The fourth-order valence-electron chi connectivity index (χ4n) is 2.87. The highest BCUT2D eigenvalue weighted by Crippen LogP contribution is 2.28. The maximum atomic E-state index is 11.9. The predicted molar refractivity (Wildman–Crippen MR) is 119 cm³/mol. The van der Waals surface area contributed by atoms with Gasteiger partial charge < -0.3 is 30.5 Å². The molecule has 32 heavy (non-hydrogen) atoms. The molecule has 2 amide bonds. The van der Waals surface area contributed by atoms with Gasteiger partial charge in [-0.05, 0) is 30.3 Å². The van der Waals surface area contributed by atoms with Gasteiger partial charge in [0.1, 0.15) is 17.6 Å². The van der Waals surface area contributed by atoms with Crippen molar-refractivity contribution in [1.82, 2.24) is 15.3 Å². The molecule has 0 aliphatic rings. The number of methoxy groups -OCH3 is 2. The summed E-state index contributed by atoms with van der Waals surface area (Å²) in [5.41, 5.74) is 2.83. The Hall–Kier alpha value is -4.36. The molecular weight excluding hydrogens is 412 g/mol. The molecule has 2 aromatic carbocycles. The molecule has 0 saturated heterocycles. The van der Waals surface area contributed by atoms with E-state index < -0.39 is 6.03 Å². The van der Waals surface area contributed by atoms with E-state index in [0.717, 1.165) is 5.56 Å². The fourth-order valence-corrected chi connectivity index (χ4v) is 2.87. The zero-order valence-electron chi connectivity index (χ0n) is 17.5. The van der Waals surface area contributed by atoms with E-state index in [1.165, 1.54) is 14.2 Å². The number of hydrogen-bond acceptors (Lipinski definition) is 8. The second kappa shape index (κ2) is 10.6. The van der Waals surface area contributed by atoms with Crippen molar-refractivity contribution >= 4 is 23.4 Å². The number of urea groups is 1. The van der Waals surface area contributed by atoms with Crippen molar-refractivity contribution in [2.75, 3.05) is 38.0 Å². The average molecular weight is 434 g/mol. The van der Waals surface area contributed by atoms with Crippen LogP contribution in [0, 0.1) is 11.3 Å². The molecule has 0 aliphatic heterocycles. The molecule has 0 unspecified atom stereocenters. The molecule has 0 bridgehead atoms. The highest BCUT2D eigenvalue weighted by atomic mass is 16.5. The van der Waals surface area contributed by atoms with E-state index in [4.69, 9.17) is 14.6 Å². The van der Waals surface area contributed by atoms with Crippen LogP contribution in [0.3, 0.4) is 0 Å². The first-order valence-corrected chi connectivity index (χ1v) is 9.59. The maximum absolute atomic E-state index is 11.9. The summed E-state index contributed by atoms with van der Waals surface area (Å²) in [6.07, 6.45) is 1.60. The Morgan fingerprint density at radius 3 is 2.66 bits per heavy atom. The topological polar surface area (TPSA) is 141 Å². The van der Waals surface area contributed by atoms with E-state index in [1.807, 2.05) is 6.07 Å². The molecule has 3 rings (SSSR count). The highest BCUT2D eigenvalue weighted by molar-refractivity contribution is 5.90. The maximum Gasteiger partial charge on any atom is 0.319 e. The fraction of sp³-hybridized carbons (Fsp3) is 0.182. The summed E-state index contributed by atoms with van der Waals surface area (Å²) in [6, 6.07) is 13.7. The first-order valence-electron chi connectivity index (χ1n) is 9.59. The van der Waals surface area contributed by atoms with E-state index in [2.05, 4.69) is 32.0 Å². The van der Waals surface area contributed by atoms with Crippen LogP contribution in [0.1, 0.15) is 5.56 Å². The van der Waals surface area contributed by atoms with Crippen LogP contribution < -0.4 is 25.4 Å². The van der Waals surface area contributed by atoms with Crippen LogP contribution in [-0.2, 0) is 0 Å². The van der Waals surface area contributed by atoms with E-state index in [-0.39, 0.29) is 13.2 Å². The number of aromatic nitrogens is 2. The number of nitrogens with one attached hydrogen (secondary N) is 3. The lowest BCUT2D eigenvalue weighted by molar-refractivity contribution is 0.245. The summed E-state index contributed by atoms with van der Waals surface area (Å²) >= 11 is 0. The summed E-state index contributed by atoms with van der Waals surface area (Å²) < 4.78 is 10.5. The van der Waals surface area contributed by atoms with Crippen molar-refractivity contribution in [1.29, 1.82) is 5.26 Å². The van der Waals surface area contributed by atoms with E-state index in [1.54, 1.807) is 42.6 Å². The summed E-state index contributed by atoms with van der Waals surface area (Å²) in [4.78, 5) is 20.6. The van der Waals surface area contributed by atoms with Gasteiger partial charge in [0.25, 0.3) is 0 Å². The molecule has 3 aromatic rings. The Morgan fingerprint density at radius 1 is 1.12 bits per heavy atom. The summed E-state index contributed by atoms with van der Waals surface area (Å²) in [5.74, 6) is 1.32. The molecule has 0 aliphatic carbocycles. The molecule has 0 fully saturated rings. The van der Waals surface area contributed by atoms with Gasteiger partial charge in [0.05, 0.1) is 32.1 Å². The smallest absolute Gasteiger partial charge is 0.319 e. The average Bonchev–Trinajstić information content (AvgIpc) is 2.82. The third-order valence-electron chi connectivity index (χ3n) is 4.32. The van der Waals surface area contributed by atoms with Crippen LogP contribution in [-0.4, -0.2) is 48.5 Å². The van der Waals surface area contributed by atoms with Gasteiger partial charge >= 0.3 is 6.03 Å². The van der Waals surface area contributed by atoms with Crippen LogP contribution in [0.4, 0.5) is 22.1 Å². The Kier molecular flexibility index (Phi) is 7.40. The van der Waals surface area contributed by atoms with Gasteiger partial charge in [-0.25, -0.2) is 14.8 Å². The van der Waals surface area contributed by atoms with Gasteiger partial charge in [-0.1, -0.05) is 0 Å². The zero-order valence-corrected chi connectivity index (χ0v) is 17.5. The molecule has 0 saturated carbocycles. The number of rotatable bonds is 8. The lowest BCUT2D eigenvalue weighted by Crippen LogP contribution is -2.30. The van der Waals surface area contributed by atoms with E-state index in [9.17, 15) is 10.1 Å². The third kappa shape index (κ3) is 5.62. The molecule has 10 heteroatoms. The first kappa shape index (κ1) is 22.3. The standard InChI is InChI=1S/C22H22N6O4/c1-31-18-11-16(10-17(12-18)27-22(30)25-7-8-29)26-21-24-6-5-19(28-21)14-3-4-20(32-2)15(9-14)13-23/h3-6,9-12,29H,7-8H2,1-2H3,(H,24,26,28)(H2,25,27,30). The number of aliphatic hydroxyl groups excluding tert-OH is 1. The van der Waals surface area contributed by atoms with Crippen LogP contribution in [0.2, 0.25) is 0 Å². The number of carbonyl (C=O) groups excluding carboxylic acids is 1. The number of nitriles is 1. The number of nitrogens with zero attached hydrogens (tertiary/aromatic N) is 3. The Balaban J connectivity index is 1.84. The number of benzene rings is 2. The minimum Gasteiger partial charge on any atom is -0.497 e. The molecule has 0 atom stereocenters. The van der Waals surface area contributed by atoms with Crippen molar-refractivity contribution < 1.29 is 19.4 Å². The number of anilines is 3. The minimum absolute atomic E-state index is 0.139. The monoisotopic (exact) mass is 434 g/mol. The molecule has 0 spiro atoms. The first-order chi connectivity index (χ1) is 15.6. The Labute approximate surface area is 184 Å². The van der Waals surface area contributed by atoms with Gasteiger partial charge in [-0.3, -0.25) is 0 Å². The molecule has 1 aromatic heterocycles. The number of ether oxygens (including phenoxy) is 2. The predicted octanol–water partition coefficient (Wildman–Crippen LogP) is 2.89. The van der Waals surface area contributed by atoms with Crippen LogP contribution in [0.25, 0.3) is 11.3 Å². The van der Waals surface area contributed by atoms with Crippen molar-refractivity contribution in [2.45, 2.75) is 0 Å². The molecule has 4 N–H and O–H groups in total. The normalized spacial score (nSPS) is 10.1. The molecule has 10 nitrogen and oxygen atoms in total. The van der Waals surface area contributed by atoms with Gasteiger partial charge in [0.15, 0.2) is 0 Å². The largest absolute Gasteiger partial charge is 0.497 e. The Morgan fingerprint density at radius 2 is 1.94 bits per heavy atom. The lowest BCUT2D eigenvalue weighted by Gasteiger charge is -2.12. The van der Waals surface area contributed by atoms with Gasteiger partial charge in [-0.2, -0.15) is 5.26 Å². The Bertz CT molecular complexity index is 1150. The van der Waals surface area contributed by atoms with Crippen LogP contribution in [0.5, 0.6) is 11.5 Å². The van der Waals surface area contributed by atoms with Crippen LogP contribution >= 0.6 is 0 Å². The van der Waals surface area contributed by atoms with Gasteiger partial charge in [0, 0.05) is 41.8 Å². The minimum atomic E-state index is -0.454. The third-order valence-corrected chi connectivity index (χ3v) is 4.32. The number of carbonyl (C=O) groups is 1. The van der Waals surface area contributed by atoms with Gasteiger partial charge in [0.2, 0.25) is 5.95 Å². The highest BCUT2D eigenvalue weighted by Gasteiger charge is 2.10. The summed E-state index contributed by atoms with van der Waals surface area (Å²) in [6.45, 7) is -0.0174. The van der Waals surface area contributed by atoms with Crippen molar-refractivity contribution in [3.63, 3.8) is 0 Å². The van der Waals surface area contributed by atoms with Crippen LogP contribution in [0.15, 0.2) is 48.7 Å². The summed E-state index contributed by atoms with van der Waals surface area (Å²) in [7, 11) is 3.03. The zero-order chi connectivity index (χ0) is 22.9. The van der Waals surface area contributed by atoms with Gasteiger partial charge in [-0.15, -0.1) is 0 Å². The van der Waals surface area contributed by atoms with Crippen molar-refractivity contribution in [2.24, 2.45) is 0 Å². The van der Waals surface area contributed by atoms with Crippen molar-refractivity contribution in [3.8, 4) is 28.8 Å². The van der Waals surface area contributed by atoms with Crippen molar-refractivity contribution in [3.05, 3.63) is 54.2 Å².